The van der Waals surface area contributed by atoms with Crippen molar-refractivity contribution in [1.82, 2.24) is 9.21 Å². The first-order valence-electron chi connectivity index (χ1n) is 6.15. The molecule has 1 aromatic rings. The molecule has 0 radical (unpaired) electrons. The second kappa shape index (κ2) is 5.54. The summed E-state index contributed by atoms with van der Waals surface area (Å²) >= 11 is 0. The molecular weight excluding hydrogens is 269 g/mol. The van der Waals surface area contributed by atoms with Gasteiger partial charge in [-0.15, -0.1) is 0 Å². The number of nitrogens with two attached hydrogens (primary N) is 1. The van der Waals surface area contributed by atoms with E-state index in [-0.39, 0.29) is 11.9 Å². The van der Waals surface area contributed by atoms with Crippen LogP contribution in [0, 0.1) is 5.82 Å². The molecule has 0 spiro atoms. The first-order chi connectivity index (χ1) is 8.88. The normalized spacial score (nSPS) is 20.4. The van der Waals surface area contributed by atoms with Crippen molar-refractivity contribution in [2.24, 2.45) is 5.14 Å². The lowest BCUT2D eigenvalue weighted by atomic mass is 10.1. The van der Waals surface area contributed by atoms with Crippen molar-refractivity contribution in [1.29, 1.82) is 0 Å². The summed E-state index contributed by atoms with van der Waals surface area (Å²) in [4.78, 5) is 2.16. The minimum atomic E-state index is -3.59. The Morgan fingerprint density at radius 2 is 1.68 bits per heavy atom. The van der Waals surface area contributed by atoms with E-state index in [1.54, 1.807) is 12.1 Å². The van der Waals surface area contributed by atoms with E-state index in [9.17, 15) is 12.8 Å². The molecule has 1 aliphatic rings. The molecule has 5 nitrogen and oxygen atoms in total. The van der Waals surface area contributed by atoms with Gasteiger partial charge in [0.2, 0.25) is 0 Å². The Hall–Kier alpha value is -1.02. The van der Waals surface area contributed by atoms with Gasteiger partial charge in [0.25, 0.3) is 10.2 Å². The standard InChI is InChI=1S/C12H18FN3O2S/c1-10(11-2-4-12(13)5-3-11)15-6-8-16(9-7-15)19(14,17)18/h2-5,10H,6-9H2,1H3,(H2,14,17,18). The number of hydrogen-bond donors (Lipinski definition) is 1. The van der Waals surface area contributed by atoms with E-state index < -0.39 is 10.2 Å². The number of hydrogen-bond acceptors (Lipinski definition) is 3. The molecule has 0 saturated carbocycles. The third-order valence-corrected chi connectivity index (χ3v) is 4.62. The third-order valence-electron chi connectivity index (χ3n) is 3.53. The maximum absolute atomic E-state index is 12.9. The van der Waals surface area contributed by atoms with E-state index in [2.05, 4.69) is 4.90 Å². The monoisotopic (exact) mass is 287 g/mol. The van der Waals surface area contributed by atoms with Gasteiger partial charge in [-0.1, -0.05) is 12.1 Å². The number of benzene rings is 1. The van der Waals surface area contributed by atoms with Gasteiger partial charge in [0.1, 0.15) is 5.82 Å². The maximum atomic E-state index is 12.9. The first-order valence-corrected chi connectivity index (χ1v) is 7.65. The molecule has 1 fully saturated rings. The molecule has 2 N–H and O–H groups in total. The lowest BCUT2D eigenvalue weighted by molar-refractivity contribution is 0.146. The summed E-state index contributed by atoms with van der Waals surface area (Å²) in [6.07, 6.45) is 0. The molecule has 1 unspecified atom stereocenters. The van der Waals surface area contributed by atoms with Crippen molar-refractivity contribution in [3.05, 3.63) is 35.6 Å². The Kier molecular flexibility index (Phi) is 4.19. The van der Waals surface area contributed by atoms with Crippen LogP contribution in [0.2, 0.25) is 0 Å². The van der Waals surface area contributed by atoms with E-state index in [4.69, 9.17) is 5.14 Å². The summed E-state index contributed by atoms with van der Waals surface area (Å²) in [5.74, 6) is -0.255. The van der Waals surface area contributed by atoms with Gasteiger partial charge in [-0.05, 0) is 24.6 Å². The number of nitrogens with zero attached hydrogens (tertiary/aromatic N) is 2. The lowest BCUT2D eigenvalue weighted by Crippen LogP contribution is -2.51. The molecular formula is C12H18FN3O2S. The minimum absolute atomic E-state index is 0.128. The van der Waals surface area contributed by atoms with Crippen LogP contribution in [0.5, 0.6) is 0 Å². The Morgan fingerprint density at radius 1 is 1.16 bits per heavy atom. The molecule has 1 aliphatic heterocycles. The highest BCUT2D eigenvalue weighted by molar-refractivity contribution is 7.86. The predicted octanol–water partition coefficient (Wildman–Crippen LogP) is 0.708. The van der Waals surface area contributed by atoms with Crippen molar-refractivity contribution in [2.75, 3.05) is 26.2 Å². The van der Waals surface area contributed by atoms with Gasteiger partial charge in [-0.25, -0.2) is 9.53 Å². The van der Waals surface area contributed by atoms with E-state index in [1.165, 1.54) is 16.4 Å². The zero-order chi connectivity index (χ0) is 14.0. The summed E-state index contributed by atoms with van der Waals surface area (Å²) in [5, 5.41) is 5.10. The SMILES string of the molecule is CC(c1ccc(F)cc1)N1CCN(S(N)(=O)=O)CC1. The summed E-state index contributed by atoms with van der Waals surface area (Å²) in [7, 11) is -3.59. The smallest absolute Gasteiger partial charge is 0.276 e. The van der Waals surface area contributed by atoms with Crippen molar-refractivity contribution in [3.8, 4) is 0 Å². The van der Waals surface area contributed by atoms with Crippen LogP contribution in [-0.2, 0) is 10.2 Å². The Morgan fingerprint density at radius 3 is 2.16 bits per heavy atom. The molecule has 2 rings (SSSR count). The van der Waals surface area contributed by atoms with Gasteiger partial charge in [-0.3, -0.25) is 4.90 Å². The van der Waals surface area contributed by atoms with Crippen LogP contribution in [-0.4, -0.2) is 43.8 Å². The topological polar surface area (TPSA) is 66.6 Å². The molecule has 1 saturated heterocycles. The van der Waals surface area contributed by atoms with Crippen LogP contribution in [0.1, 0.15) is 18.5 Å². The van der Waals surface area contributed by atoms with Gasteiger partial charge >= 0.3 is 0 Å². The molecule has 0 amide bonds. The zero-order valence-electron chi connectivity index (χ0n) is 10.8. The van der Waals surface area contributed by atoms with Crippen LogP contribution in [0.15, 0.2) is 24.3 Å². The molecule has 0 aromatic heterocycles. The van der Waals surface area contributed by atoms with Crippen molar-refractivity contribution in [2.45, 2.75) is 13.0 Å². The molecule has 19 heavy (non-hydrogen) atoms. The molecule has 1 atom stereocenters. The predicted molar refractivity (Wildman–Crippen MR) is 71.1 cm³/mol. The number of rotatable bonds is 3. The zero-order valence-corrected chi connectivity index (χ0v) is 11.6. The Balaban J connectivity index is 1.99. The second-order valence-electron chi connectivity index (χ2n) is 4.71. The van der Waals surface area contributed by atoms with Gasteiger partial charge in [0.05, 0.1) is 0 Å². The summed E-state index contributed by atoms with van der Waals surface area (Å²) in [6.45, 7) is 4.05. The lowest BCUT2D eigenvalue weighted by Gasteiger charge is -2.36. The average Bonchev–Trinajstić information content (AvgIpc) is 2.38. The maximum Gasteiger partial charge on any atom is 0.276 e. The molecule has 7 heteroatoms. The molecule has 0 aliphatic carbocycles. The first kappa shape index (κ1) is 14.4. The van der Waals surface area contributed by atoms with Crippen LogP contribution in [0.3, 0.4) is 0 Å². The third kappa shape index (κ3) is 3.50. The van der Waals surface area contributed by atoms with Gasteiger partial charge in [0, 0.05) is 32.2 Å². The fraction of sp³-hybridized carbons (Fsp3) is 0.500. The highest BCUT2D eigenvalue weighted by Crippen LogP contribution is 2.22. The van der Waals surface area contributed by atoms with Crippen LogP contribution >= 0.6 is 0 Å². The fourth-order valence-electron chi connectivity index (χ4n) is 2.30. The number of halogens is 1. The van der Waals surface area contributed by atoms with Crippen molar-refractivity contribution in [3.63, 3.8) is 0 Å². The summed E-state index contributed by atoms with van der Waals surface area (Å²) < 4.78 is 36.6. The molecule has 1 aromatic carbocycles. The average molecular weight is 287 g/mol. The van der Waals surface area contributed by atoms with E-state index in [0.29, 0.717) is 26.2 Å². The van der Waals surface area contributed by atoms with E-state index in [1.807, 2.05) is 6.92 Å². The molecule has 0 bridgehead atoms. The number of piperazine rings is 1. The second-order valence-corrected chi connectivity index (χ2v) is 6.25. The van der Waals surface area contributed by atoms with E-state index >= 15 is 0 Å². The summed E-state index contributed by atoms with van der Waals surface area (Å²) in [5.41, 5.74) is 1.02. The minimum Gasteiger partial charge on any atom is -0.294 e. The highest BCUT2D eigenvalue weighted by Gasteiger charge is 2.26. The Labute approximate surface area is 113 Å². The summed E-state index contributed by atoms with van der Waals surface area (Å²) in [6, 6.07) is 6.51. The van der Waals surface area contributed by atoms with Gasteiger partial charge in [-0.2, -0.15) is 12.7 Å². The largest absolute Gasteiger partial charge is 0.294 e. The van der Waals surface area contributed by atoms with Gasteiger partial charge < -0.3 is 0 Å². The van der Waals surface area contributed by atoms with Crippen LogP contribution in [0.25, 0.3) is 0 Å². The van der Waals surface area contributed by atoms with Crippen LogP contribution < -0.4 is 5.14 Å². The van der Waals surface area contributed by atoms with Gasteiger partial charge in [0.15, 0.2) is 0 Å². The molecule has 106 valence electrons. The molecule has 1 heterocycles. The fourth-order valence-corrected chi connectivity index (χ4v) is 2.97. The van der Waals surface area contributed by atoms with Crippen molar-refractivity contribution < 1.29 is 12.8 Å². The van der Waals surface area contributed by atoms with Crippen molar-refractivity contribution >= 4 is 10.2 Å². The van der Waals surface area contributed by atoms with E-state index in [0.717, 1.165) is 5.56 Å². The quantitative estimate of drug-likeness (QED) is 0.890. The van der Waals surface area contributed by atoms with Crippen LogP contribution in [0.4, 0.5) is 4.39 Å². The Bertz CT molecular complexity index is 524. The highest BCUT2D eigenvalue weighted by atomic mass is 32.2.